The van der Waals surface area contributed by atoms with E-state index in [2.05, 4.69) is 24.0 Å². The lowest BCUT2D eigenvalue weighted by Gasteiger charge is -1.93. The second kappa shape index (κ2) is 13.9. The van der Waals surface area contributed by atoms with Gasteiger partial charge in [-0.25, -0.2) is 0 Å². The van der Waals surface area contributed by atoms with Crippen LogP contribution in [-0.4, -0.2) is 4.98 Å². The first-order valence-corrected chi connectivity index (χ1v) is 7.65. The second-order valence-electron chi connectivity index (χ2n) is 2.65. The van der Waals surface area contributed by atoms with Crippen LogP contribution in [0.2, 0.25) is 0 Å². The largest absolute Gasteiger partial charge is 0.265 e. The maximum atomic E-state index is 3.98. The van der Waals surface area contributed by atoms with Gasteiger partial charge in [-0.1, -0.05) is 41.5 Å². The van der Waals surface area contributed by atoms with E-state index in [1.54, 1.807) is 0 Å². The van der Waals surface area contributed by atoms with E-state index >= 15 is 0 Å². The quantitative estimate of drug-likeness (QED) is 0.598. The summed E-state index contributed by atoms with van der Waals surface area (Å²) in [6.45, 7) is 14.1. The van der Waals surface area contributed by atoms with Crippen molar-refractivity contribution < 1.29 is 0 Å². The Balaban J connectivity index is 0. The highest BCUT2D eigenvalue weighted by Gasteiger charge is 1.97. The van der Waals surface area contributed by atoms with Gasteiger partial charge in [0.1, 0.15) is 0 Å². The van der Waals surface area contributed by atoms with E-state index in [-0.39, 0.29) is 0 Å². The molecule has 2 heterocycles. The molecule has 0 aromatic carbocycles. The average Bonchev–Trinajstić information content (AvgIpc) is 2.93. The molecular formula is C16H27NS. The third-order valence-electron chi connectivity index (χ3n) is 1.71. The molecule has 2 rings (SSSR count). The van der Waals surface area contributed by atoms with Gasteiger partial charge >= 0.3 is 0 Å². The van der Waals surface area contributed by atoms with E-state index in [1.165, 1.54) is 15.3 Å². The second-order valence-corrected chi connectivity index (χ2v) is 3.93. The van der Waals surface area contributed by atoms with Crippen LogP contribution in [-0.2, 0) is 0 Å². The van der Waals surface area contributed by atoms with Gasteiger partial charge in [-0.2, -0.15) is 0 Å². The van der Waals surface area contributed by atoms with Crippen molar-refractivity contribution in [1.29, 1.82) is 0 Å². The number of hydrogen-bond acceptors (Lipinski definition) is 2. The standard InChI is InChI=1S/C10H9NS.3C2H6/c1-8-2-3-10(12-8)9-4-6-11-7-5-9;3*1-2/h2-7H,1H3;3*1-2H3. The third kappa shape index (κ3) is 7.23. The first-order chi connectivity index (χ1) is 8.86. The molecule has 0 saturated carbocycles. The van der Waals surface area contributed by atoms with Crippen LogP contribution in [0.15, 0.2) is 36.7 Å². The molecule has 0 amide bonds. The fourth-order valence-electron chi connectivity index (χ4n) is 1.11. The number of aryl methyl sites for hydroxylation is 1. The molecule has 102 valence electrons. The summed E-state index contributed by atoms with van der Waals surface area (Å²) in [6.07, 6.45) is 3.65. The molecule has 2 aromatic rings. The van der Waals surface area contributed by atoms with Crippen molar-refractivity contribution >= 4 is 11.3 Å². The zero-order valence-electron chi connectivity index (χ0n) is 12.8. The maximum Gasteiger partial charge on any atom is 0.0346 e. The van der Waals surface area contributed by atoms with Crippen LogP contribution in [0, 0.1) is 6.92 Å². The van der Waals surface area contributed by atoms with Crippen molar-refractivity contribution in [3.63, 3.8) is 0 Å². The van der Waals surface area contributed by atoms with Gasteiger partial charge in [-0.05, 0) is 36.8 Å². The van der Waals surface area contributed by atoms with Gasteiger partial charge in [0.2, 0.25) is 0 Å². The Morgan fingerprint density at radius 2 is 1.28 bits per heavy atom. The summed E-state index contributed by atoms with van der Waals surface area (Å²) in [6, 6.07) is 8.35. The fraction of sp³-hybridized carbons (Fsp3) is 0.438. The zero-order valence-corrected chi connectivity index (χ0v) is 13.6. The summed E-state index contributed by atoms with van der Waals surface area (Å²) >= 11 is 1.81. The highest BCUT2D eigenvalue weighted by atomic mass is 32.1. The van der Waals surface area contributed by atoms with Crippen LogP contribution >= 0.6 is 11.3 Å². The van der Waals surface area contributed by atoms with Gasteiger partial charge in [0.15, 0.2) is 0 Å². The minimum Gasteiger partial charge on any atom is -0.265 e. The number of aromatic nitrogens is 1. The van der Waals surface area contributed by atoms with Crippen LogP contribution < -0.4 is 0 Å². The lowest BCUT2D eigenvalue weighted by Crippen LogP contribution is -1.71. The summed E-state index contributed by atoms with van der Waals surface area (Å²) in [5.41, 5.74) is 1.25. The van der Waals surface area contributed by atoms with Crippen molar-refractivity contribution in [3.05, 3.63) is 41.5 Å². The molecule has 2 heteroatoms. The van der Waals surface area contributed by atoms with Crippen molar-refractivity contribution in [2.75, 3.05) is 0 Å². The highest BCUT2D eigenvalue weighted by Crippen LogP contribution is 2.26. The topological polar surface area (TPSA) is 12.9 Å². The maximum absolute atomic E-state index is 3.98. The summed E-state index contributed by atoms with van der Waals surface area (Å²) in [5.74, 6) is 0. The van der Waals surface area contributed by atoms with Crippen LogP contribution in [0.1, 0.15) is 46.4 Å². The molecule has 0 fully saturated rings. The van der Waals surface area contributed by atoms with Crippen LogP contribution in [0.4, 0.5) is 0 Å². The van der Waals surface area contributed by atoms with E-state index in [0.717, 1.165) is 0 Å². The Hall–Kier alpha value is -1.15. The fourth-order valence-corrected chi connectivity index (χ4v) is 1.98. The highest BCUT2D eigenvalue weighted by molar-refractivity contribution is 7.15. The minimum absolute atomic E-state index is 1.25. The molecule has 0 spiro atoms. The van der Waals surface area contributed by atoms with Gasteiger partial charge in [-0.3, -0.25) is 4.98 Å². The molecule has 2 aromatic heterocycles. The van der Waals surface area contributed by atoms with Crippen LogP contribution in [0.5, 0.6) is 0 Å². The molecule has 18 heavy (non-hydrogen) atoms. The molecule has 0 N–H and O–H groups in total. The molecule has 1 nitrogen and oxygen atoms in total. The van der Waals surface area contributed by atoms with E-state index in [9.17, 15) is 0 Å². The lowest BCUT2D eigenvalue weighted by atomic mass is 10.2. The number of hydrogen-bond donors (Lipinski definition) is 0. The summed E-state index contributed by atoms with van der Waals surface area (Å²) < 4.78 is 0. The normalized spacial score (nSPS) is 7.72. The molecule has 0 aliphatic rings. The van der Waals surface area contributed by atoms with Gasteiger partial charge in [-0.15, -0.1) is 11.3 Å². The third-order valence-corrected chi connectivity index (χ3v) is 2.75. The first kappa shape index (κ1) is 19.2. The van der Waals surface area contributed by atoms with Crippen LogP contribution in [0.3, 0.4) is 0 Å². The number of nitrogens with zero attached hydrogens (tertiary/aromatic N) is 1. The smallest absolute Gasteiger partial charge is 0.0346 e. The Morgan fingerprint density at radius 3 is 1.67 bits per heavy atom. The summed E-state index contributed by atoms with van der Waals surface area (Å²) in [7, 11) is 0. The molecule has 0 aliphatic heterocycles. The zero-order chi connectivity index (χ0) is 14.4. The van der Waals surface area contributed by atoms with E-state index < -0.39 is 0 Å². The number of rotatable bonds is 1. The van der Waals surface area contributed by atoms with Crippen molar-refractivity contribution in [1.82, 2.24) is 4.98 Å². The van der Waals surface area contributed by atoms with Gasteiger partial charge in [0, 0.05) is 22.1 Å². The summed E-state index contributed by atoms with van der Waals surface area (Å²) in [4.78, 5) is 6.65. The summed E-state index contributed by atoms with van der Waals surface area (Å²) in [5, 5.41) is 0. The van der Waals surface area contributed by atoms with Crippen molar-refractivity contribution in [2.45, 2.75) is 48.5 Å². The monoisotopic (exact) mass is 265 g/mol. The Kier molecular flexibility index (Phi) is 14.8. The molecule has 0 radical (unpaired) electrons. The predicted molar refractivity (Wildman–Crippen MR) is 86.3 cm³/mol. The van der Waals surface area contributed by atoms with E-state index in [4.69, 9.17) is 0 Å². The Morgan fingerprint density at radius 1 is 0.778 bits per heavy atom. The Bertz CT molecular complexity index is 366. The minimum atomic E-state index is 1.25. The predicted octanol–water partition coefficient (Wildman–Crippen LogP) is 6.20. The van der Waals surface area contributed by atoms with Gasteiger partial charge in [0.25, 0.3) is 0 Å². The average molecular weight is 265 g/mol. The van der Waals surface area contributed by atoms with E-state index in [0.29, 0.717) is 0 Å². The molecule has 0 unspecified atom stereocenters. The molecule has 0 bridgehead atoms. The molecule has 0 atom stereocenters. The molecule has 0 aliphatic carbocycles. The van der Waals surface area contributed by atoms with Gasteiger partial charge in [0.05, 0.1) is 0 Å². The lowest BCUT2D eigenvalue weighted by molar-refractivity contribution is 1.33. The first-order valence-electron chi connectivity index (χ1n) is 6.83. The van der Waals surface area contributed by atoms with Crippen molar-refractivity contribution in [2.24, 2.45) is 0 Å². The number of thiophene rings is 1. The Labute approximate surface area is 117 Å². The van der Waals surface area contributed by atoms with Gasteiger partial charge < -0.3 is 0 Å². The molecule has 0 saturated heterocycles. The SMILES string of the molecule is CC.CC.CC.Cc1ccc(-c2ccncc2)s1. The van der Waals surface area contributed by atoms with Crippen LogP contribution in [0.25, 0.3) is 10.4 Å². The van der Waals surface area contributed by atoms with E-state index in [1.807, 2.05) is 77.4 Å². The van der Waals surface area contributed by atoms with Crippen molar-refractivity contribution in [3.8, 4) is 10.4 Å². The molecular weight excluding hydrogens is 238 g/mol. The number of pyridine rings is 1.